The van der Waals surface area contributed by atoms with E-state index in [-0.39, 0.29) is 11.9 Å². The van der Waals surface area contributed by atoms with Crippen LogP contribution in [0.5, 0.6) is 0 Å². The Morgan fingerprint density at radius 2 is 1.78 bits per heavy atom. The molecule has 2 aliphatic heterocycles. The number of fused-ring (bicyclic) bond motifs is 6. The van der Waals surface area contributed by atoms with Gasteiger partial charge in [-0.05, 0) is 73.9 Å². The van der Waals surface area contributed by atoms with Crippen molar-refractivity contribution >= 4 is 33.4 Å². The number of likely N-dealkylation sites (tertiary alicyclic amines) is 1. The highest BCUT2D eigenvalue weighted by Gasteiger charge is 2.39. The molecule has 0 bridgehead atoms. The Morgan fingerprint density at radius 1 is 0.944 bits per heavy atom. The zero-order valence-corrected chi connectivity index (χ0v) is 20.9. The molecule has 1 N–H and O–H groups in total. The van der Waals surface area contributed by atoms with Gasteiger partial charge in [-0.15, -0.1) is 0 Å². The van der Waals surface area contributed by atoms with Crippen molar-refractivity contribution in [2.75, 3.05) is 18.4 Å². The Labute approximate surface area is 212 Å². The van der Waals surface area contributed by atoms with Gasteiger partial charge in [0.15, 0.2) is 0 Å². The molecule has 3 aliphatic rings. The smallest absolute Gasteiger partial charge is 0.255 e. The van der Waals surface area contributed by atoms with Gasteiger partial charge in [-0.2, -0.15) is 0 Å². The SMILES string of the molecule is CCn1c2ccccc2c2cc(C3Nc4c(C(=O)N5CCCCC5)cccc4C4C=CCC43)ccc21. The average Bonchev–Trinajstić information content (AvgIpc) is 3.55. The molecule has 0 spiro atoms. The number of aromatic nitrogens is 1. The van der Waals surface area contributed by atoms with E-state index in [0.717, 1.165) is 50.1 Å². The minimum absolute atomic E-state index is 0.168. The van der Waals surface area contributed by atoms with Gasteiger partial charge < -0.3 is 14.8 Å². The first-order valence-corrected chi connectivity index (χ1v) is 13.6. The predicted molar refractivity (Wildman–Crippen MR) is 148 cm³/mol. The largest absolute Gasteiger partial charge is 0.377 e. The highest BCUT2D eigenvalue weighted by atomic mass is 16.2. The summed E-state index contributed by atoms with van der Waals surface area (Å²) in [5.41, 5.74) is 7.05. The van der Waals surface area contributed by atoms with Crippen LogP contribution in [0.25, 0.3) is 21.8 Å². The maximum Gasteiger partial charge on any atom is 0.255 e. The van der Waals surface area contributed by atoms with Crippen molar-refractivity contribution in [1.82, 2.24) is 9.47 Å². The molecule has 1 aromatic heterocycles. The van der Waals surface area contributed by atoms with E-state index in [1.165, 1.54) is 39.4 Å². The first kappa shape index (κ1) is 21.7. The first-order valence-electron chi connectivity index (χ1n) is 13.6. The zero-order valence-electron chi connectivity index (χ0n) is 20.9. The van der Waals surface area contributed by atoms with E-state index in [9.17, 15) is 4.79 Å². The number of carbonyl (C=O) groups is 1. The maximum absolute atomic E-state index is 13.6. The number of carbonyl (C=O) groups excluding carboxylic acids is 1. The third kappa shape index (κ3) is 3.23. The van der Waals surface area contributed by atoms with Crippen LogP contribution in [0.15, 0.2) is 72.8 Å². The molecule has 1 fully saturated rings. The van der Waals surface area contributed by atoms with Crippen molar-refractivity contribution in [2.24, 2.45) is 5.92 Å². The highest BCUT2D eigenvalue weighted by Crippen LogP contribution is 2.51. The van der Waals surface area contributed by atoms with Crippen LogP contribution in [-0.2, 0) is 6.54 Å². The predicted octanol–water partition coefficient (Wildman–Crippen LogP) is 7.27. The molecule has 3 atom stereocenters. The minimum atomic E-state index is 0.168. The number of allylic oxidation sites excluding steroid dienone is 2. The van der Waals surface area contributed by atoms with Crippen LogP contribution in [0, 0.1) is 5.92 Å². The molecule has 36 heavy (non-hydrogen) atoms. The summed E-state index contributed by atoms with van der Waals surface area (Å²) in [5.74, 6) is 0.975. The Morgan fingerprint density at radius 3 is 2.64 bits per heavy atom. The number of para-hydroxylation sites is 2. The Hall–Kier alpha value is -3.53. The number of benzene rings is 3. The number of rotatable bonds is 3. The summed E-state index contributed by atoms with van der Waals surface area (Å²) >= 11 is 0. The van der Waals surface area contributed by atoms with E-state index in [2.05, 4.69) is 88.5 Å². The van der Waals surface area contributed by atoms with Crippen LogP contribution in [-0.4, -0.2) is 28.5 Å². The van der Waals surface area contributed by atoms with Crippen molar-refractivity contribution in [3.63, 3.8) is 0 Å². The molecule has 0 radical (unpaired) electrons. The van der Waals surface area contributed by atoms with Gasteiger partial charge in [0, 0.05) is 47.4 Å². The number of nitrogens with zero attached hydrogens (tertiary/aromatic N) is 2. The average molecular weight is 476 g/mol. The molecule has 182 valence electrons. The van der Waals surface area contributed by atoms with E-state index in [4.69, 9.17) is 0 Å². The standard InChI is InChI=1S/C32H33N3O/c1-2-35-28-15-5-4-10-23(28)27-20-21(16-17-29(27)35)30-24-12-8-11-22(24)25-13-9-14-26(31(25)33-30)32(36)34-18-6-3-7-19-34/h4-5,8-11,13-17,20,22,24,30,33H,2-3,6-7,12,18-19H2,1H3. The summed E-state index contributed by atoms with van der Waals surface area (Å²) in [6.45, 7) is 4.91. The van der Waals surface area contributed by atoms with E-state index < -0.39 is 0 Å². The fraction of sp³-hybridized carbons (Fsp3) is 0.344. The molecular formula is C32H33N3O. The summed E-state index contributed by atoms with van der Waals surface area (Å²) in [7, 11) is 0. The van der Waals surface area contributed by atoms with Gasteiger partial charge in [0.05, 0.1) is 17.3 Å². The summed E-state index contributed by atoms with van der Waals surface area (Å²) in [5, 5.41) is 6.54. The number of aryl methyl sites for hydroxylation is 1. The molecule has 1 saturated heterocycles. The first-order chi connectivity index (χ1) is 17.7. The number of piperidine rings is 1. The molecule has 3 unspecified atom stereocenters. The van der Waals surface area contributed by atoms with Crippen LogP contribution in [0.4, 0.5) is 5.69 Å². The summed E-state index contributed by atoms with van der Waals surface area (Å²) < 4.78 is 2.41. The Kier molecular flexibility index (Phi) is 5.16. The third-order valence-electron chi connectivity index (χ3n) is 8.74. The molecule has 1 amide bonds. The van der Waals surface area contributed by atoms with Gasteiger partial charge in [0.1, 0.15) is 0 Å². The van der Waals surface area contributed by atoms with Crippen molar-refractivity contribution in [2.45, 2.75) is 51.1 Å². The van der Waals surface area contributed by atoms with E-state index >= 15 is 0 Å². The highest BCUT2D eigenvalue weighted by molar-refractivity contribution is 6.08. The minimum Gasteiger partial charge on any atom is -0.377 e. The summed E-state index contributed by atoms with van der Waals surface area (Å²) in [6, 6.07) is 22.2. The van der Waals surface area contributed by atoms with Crippen molar-refractivity contribution in [3.05, 3.63) is 89.5 Å². The second kappa shape index (κ2) is 8.55. The van der Waals surface area contributed by atoms with Gasteiger partial charge in [-0.1, -0.05) is 48.6 Å². The third-order valence-corrected chi connectivity index (χ3v) is 8.74. The molecule has 7 rings (SSSR count). The number of hydrogen-bond donors (Lipinski definition) is 1. The number of amides is 1. The Balaban J connectivity index is 1.34. The fourth-order valence-electron chi connectivity index (χ4n) is 7.00. The molecule has 3 aromatic carbocycles. The second-order valence-electron chi connectivity index (χ2n) is 10.6. The van der Waals surface area contributed by atoms with Crippen molar-refractivity contribution in [3.8, 4) is 0 Å². The second-order valence-corrected chi connectivity index (χ2v) is 10.6. The topological polar surface area (TPSA) is 37.3 Å². The van der Waals surface area contributed by atoms with Crippen molar-refractivity contribution in [1.29, 1.82) is 0 Å². The number of anilines is 1. The lowest BCUT2D eigenvalue weighted by Crippen LogP contribution is -2.37. The normalized spacial score (nSPS) is 23.0. The molecule has 3 heterocycles. The maximum atomic E-state index is 13.6. The molecule has 4 nitrogen and oxygen atoms in total. The fourth-order valence-corrected chi connectivity index (χ4v) is 7.00. The van der Waals surface area contributed by atoms with Crippen LogP contribution < -0.4 is 5.32 Å². The monoisotopic (exact) mass is 475 g/mol. The van der Waals surface area contributed by atoms with Gasteiger partial charge in [0.2, 0.25) is 0 Å². The van der Waals surface area contributed by atoms with E-state index in [0.29, 0.717) is 11.8 Å². The number of nitrogens with one attached hydrogen (secondary N) is 1. The summed E-state index contributed by atoms with van der Waals surface area (Å²) in [6.07, 6.45) is 9.20. The van der Waals surface area contributed by atoms with Crippen LogP contribution in [0.2, 0.25) is 0 Å². The van der Waals surface area contributed by atoms with Crippen molar-refractivity contribution < 1.29 is 4.79 Å². The number of hydrogen-bond acceptors (Lipinski definition) is 2. The van der Waals surface area contributed by atoms with Crippen LogP contribution in [0.3, 0.4) is 0 Å². The van der Waals surface area contributed by atoms with Gasteiger partial charge in [-0.3, -0.25) is 4.79 Å². The molecular weight excluding hydrogens is 442 g/mol. The lowest BCUT2D eigenvalue weighted by Gasteiger charge is -2.39. The molecule has 4 aromatic rings. The van der Waals surface area contributed by atoms with Crippen LogP contribution >= 0.6 is 0 Å². The quantitative estimate of drug-likeness (QED) is 0.317. The molecule has 1 aliphatic carbocycles. The zero-order chi connectivity index (χ0) is 24.2. The van der Waals surface area contributed by atoms with Gasteiger partial charge >= 0.3 is 0 Å². The molecule has 4 heteroatoms. The Bertz CT molecular complexity index is 1510. The van der Waals surface area contributed by atoms with Crippen LogP contribution in [0.1, 0.15) is 66.1 Å². The lowest BCUT2D eigenvalue weighted by molar-refractivity contribution is 0.0725. The van der Waals surface area contributed by atoms with Gasteiger partial charge in [-0.25, -0.2) is 0 Å². The molecule has 0 saturated carbocycles. The van der Waals surface area contributed by atoms with E-state index in [1.54, 1.807) is 0 Å². The van der Waals surface area contributed by atoms with Gasteiger partial charge in [0.25, 0.3) is 5.91 Å². The summed E-state index contributed by atoms with van der Waals surface area (Å²) in [4.78, 5) is 15.7. The van der Waals surface area contributed by atoms with E-state index in [1.807, 2.05) is 6.07 Å². The lowest BCUT2D eigenvalue weighted by atomic mass is 9.76.